The lowest BCUT2D eigenvalue weighted by Crippen LogP contribution is -2.30. The Morgan fingerprint density at radius 1 is 1.12 bits per heavy atom. The van der Waals surface area contributed by atoms with E-state index < -0.39 is 20.5 Å². The van der Waals surface area contributed by atoms with E-state index in [1.54, 1.807) is 38.1 Å². The number of hydrogen-bond acceptors (Lipinski definition) is 6. The summed E-state index contributed by atoms with van der Waals surface area (Å²) in [6, 6.07) is 6.61. The maximum atomic E-state index is 13.1. The molecule has 0 heterocycles. The van der Waals surface area contributed by atoms with E-state index in [1.807, 2.05) is 0 Å². The molecule has 0 radical (unpaired) electrons. The van der Waals surface area contributed by atoms with Crippen LogP contribution in [0.4, 0.5) is 0 Å². The Morgan fingerprint density at radius 2 is 1.67 bits per heavy atom. The van der Waals surface area contributed by atoms with Crippen LogP contribution in [0.2, 0.25) is 0 Å². The summed E-state index contributed by atoms with van der Waals surface area (Å²) in [6.45, 7) is 6.90. The van der Waals surface area contributed by atoms with Crippen LogP contribution < -0.4 is 10.8 Å². The third-order valence-corrected chi connectivity index (χ3v) is 5.70. The van der Waals surface area contributed by atoms with Gasteiger partial charge in [-0.05, 0) is 37.8 Å². The van der Waals surface area contributed by atoms with E-state index in [0.717, 1.165) is 18.4 Å². The molecule has 1 aromatic rings. The van der Waals surface area contributed by atoms with E-state index >= 15 is 0 Å². The molecule has 9 heteroatoms. The fourth-order valence-electron chi connectivity index (χ4n) is 2.22. The van der Waals surface area contributed by atoms with E-state index in [1.165, 1.54) is 0 Å². The van der Waals surface area contributed by atoms with Crippen LogP contribution in [0.1, 0.15) is 45.0 Å². The lowest BCUT2D eigenvalue weighted by Gasteiger charge is -2.27. The highest BCUT2D eigenvalue weighted by atomic mass is 31.2. The summed E-state index contributed by atoms with van der Waals surface area (Å²) in [5.41, 5.74) is 1.11. The molecule has 0 fully saturated rings. The number of rotatable bonds is 11. The van der Waals surface area contributed by atoms with Crippen molar-refractivity contribution in [2.24, 2.45) is 0 Å². The topological polar surface area (TPSA) is 120 Å². The molecule has 0 aliphatic heterocycles. The third kappa shape index (κ3) is 6.65. The Labute approximate surface area is 144 Å². The van der Waals surface area contributed by atoms with E-state index in [-0.39, 0.29) is 18.7 Å². The number of hydrogen-bond donors (Lipinski definition) is 3. The van der Waals surface area contributed by atoms with E-state index in [4.69, 9.17) is 9.05 Å². The zero-order chi connectivity index (χ0) is 17.3. The summed E-state index contributed by atoms with van der Waals surface area (Å²) < 4.78 is 24.1. The van der Waals surface area contributed by atoms with Gasteiger partial charge in [0, 0.05) is 0 Å². The van der Waals surface area contributed by atoms with Gasteiger partial charge in [-0.15, -0.1) is 0 Å². The van der Waals surface area contributed by atoms with Crippen LogP contribution in [0.15, 0.2) is 24.3 Å². The third-order valence-electron chi connectivity index (χ3n) is 3.35. The zero-order valence-corrected chi connectivity index (χ0v) is 15.5. The van der Waals surface area contributed by atoms with Crippen molar-refractivity contribution in [3.05, 3.63) is 29.8 Å². The molecule has 0 bridgehead atoms. The van der Waals surface area contributed by atoms with Crippen LogP contribution in [-0.4, -0.2) is 42.4 Å². The van der Waals surface area contributed by atoms with Gasteiger partial charge in [0.05, 0.1) is 13.2 Å². The largest absolute Gasteiger partial charge is 0.488 e. The second kappa shape index (κ2) is 11.8. The first-order chi connectivity index (χ1) is 11.0. The summed E-state index contributed by atoms with van der Waals surface area (Å²) in [6.07, 6.45) is 1.96. The zero-order valence-electron chi connectivity index (χ0n) is 14.6. The van der Waals surface area contributed by atoms with Gasteiger partial charge >= 0.3 is 14.7 Å². The molecule has 5 N–H and O–H groups in total. The first kappa shape index (κ1) is 23.3. The molecule has 138 valence electrons. The van der Waals surface area contributed by atoms with Crippen molar-refractivity contribution in [3.63, 3.8) is 0 Å². The Balaban J connectivity index is 0.00000529. The van der Waals surface area contributed by atoms with Crippen LogP contribution in [0.5, 0.6) is 0 Å². The molecule has 0 amide bonds. The lowest BCUT2D eigenvalue weighted by atomic mass is 9.80. The first-order valence-electron chi connectivity index (χ1n) is 8.06. The fraction of sp³-hybridized carbons (Fsp3) is 0.600. The number of nitrogens with one attached hydrogen (secondary N) is 1. The molecular weight excluding hydrogens is 332 g/mol. The van der Waals surface area contributed by atoms with Crippen molar-refractivity contribution >= 4 is 20.2 Å². The van der Waals surface area contributed by atoms with Gasteiger partial charge in [-0.2, -0.15) is 0 Å². The number of unbranched alkanes of at least 4 members (excludes halogenated alkanes) is 1. The molecule has 0 aliphatic carbocycles. The standard InChI is InChI=1S/C15H27BNO5P.H2O/c1-4-7-12-17-15(23(20,21-5-2)22-6-3)13-8-10-14(11-9-13)16(18)19;/h8-11,15,17-19H,4-7,12H2,1-3H3;1H2/t15-;/m1./s1. The Hall–Kier alpha value is -0.725. The van der Waals surface area contributed by atoms with Crippen molar-refractivity contribution in [1.82, 2.24) is 5.32 Å². The SMILES string of the molecule is CCCCN[C@@H](c1ccc(B(O)O)cc1)P(=O)(OCC)OCC.O. The molecule has 0 spiro atoms. The van der Waals surface area contributed by atoms with Crippen LogP contribution in [0.25, 0.3) is 0 Å². The van der Waals surface area contributed by atoms with Crippen LogP contribution in [0, 0.1) is 0 Å². The minimum atomic E-state index is -3.37. The van der Waals surface area contributed by atoms with Gasteiger partial charge in [0.15, 0.2) is 0 Å². The molecule has 0 unspecified atom stereocenters. The van der Waals surface area contributed by atoms with Gasteiger partial charge in [-0.25, -0.2) is 0 Å². The van der Waals surface area contributed by atoms with Crippen molar-refractivity contribution in [2.45, 2.75) is 39.4 Å². The van der Waals surface area contributed by atoms with Crippen molar-refractivity contribution in [1.29, 1.82) is 0 Å². The highest BCUT2D eigenvalue weighted by Gasteiger charge is 2.36. The van der Waals surface area contributed by atoms with Gasteiger partial charge in [0.2, 0.25) is 0 Å². The van der Waals surface area contributed by atoms with Gasteiger partial charge in [-0.3, -0.25) is 9.88 Å². The Bertz CT molecular complexity index is 489. The Kier molecular flexibility index (Phi) is 11.4. The molecule has 1 atom stereocenters. The van der Waals surface area contributed by atoms with E-state index in [2.05, 4.69) is 12.2 Å². The monoisotopic (exact) mass is 361 g/mol. The molecule has 1 rings (SSSR count). The predicted molar refractivity (Wildman–Crippen MR) is 96.4 cm³/mol. The maximum absolute atomic E-state index is 13.1. The average molecular weight is 361 g/mol. The Morgan fingerprint density at radius 3 is 2.08 bits per heavy atom. The molecule has 24 heavy (non-hydrogen) atoms. The summed E-state index contributed by atoms with van der Waals surface area (Å²) in [4.78, 5) is 0. The average Bonchev–Trinajstić information content (AvgIpc) is 2.52. The molecule has 0 aliphatic rings. The van der Waals surface area contributed by atoms with Crippen molar-refractivity contribution in [3.8, 4) is 0 Å². The molecule has 0 aromatic heterocycles. The first-order valence-corrected chi connectivity index (χ1v) is 9.67. The molecule has 0 saturated carbocycles. The van der Waals surface area contributed by atoms with Crippen LogP contribution in [0.3, 0.4) is 0 Å². The lowest BCUT2D eigenvalue weighted by molar-refractivity contribution is 0.207. The second-order valence-corrected chi connectivity index (χ2v) is 7.24. The highest BCUT2D eigenvalue weighted by molar-refractivity contribution is 7.54. The van der Waals surface area contributed by atoms with Crippen molar-refractivity contribution in [2.75, 3.05) is 19.8 Å². The van der Waals surface area contributed by atoms with E-state index in [9.17, 15) is 14.6 Å². The normalized spacial score (nSPS) is 12.5. The quantitative estimate of drug-likeness (QED) is 0.310. The molecule has 1 aromatic carbocycles. The van der Waals surface area contributed by atoms with Gasteiger partial charge in [0.1, 0.15) is 5.78 Å². The van der Waals surface area contributed by atoms with Gasteiger partial charge in [-0.1, -0.05) is 37.6 Å². The summed E-state index contributed by atoms with van der Waals surface area (Å²) in [5, 5.41) is 21.6. The summed E-state index contributed by atoms with van der Waals surface area (Å²) in [7, 11) is -4.89. The van der Waals surface area contributed by atoms with E-state index in [0.29, 0.717) is 12.0 Å². The molecule has 7 nitrogen and oxygen atoms in total. The van der Waals surface area contributed by atoms with Gasteiger partial charge < -0.3 is 24.6 Å². The smallest absolute Gasteiger partial charge is 0.423 e. The van der Waals surface area contributed by atoms with Crippen molar-refractivity contribution < 1.29 is 29.1 Å². The van der Waals surface area contributed by atoms with Crippen LogP contribution >= 0.6 is 7.60 Å². The minimum Gasteiger partial charge on any atom is -0.423 e. The summed E-state index contributed by atoms with van der Waals surface area (Å²) >= 11 is 0. The van der Waals surface area contributed by atoms with Gasteiger partial charge in [0.25, 0.3) is 0 Å². The highest BCUT2D eigenvalue weighted by Crippen LogP contribution is 2.59. The second-order valence-electron chi connectivity index (χ2n) is 5.13. The fourth-order valence-corrected chi connectivity index (χ4v) is 4.21. The summed E-state index contributed by atoms with van der Waals surface area (Å²) in [5.74, 6) is -0.584. The predicted octanol–water partition coefficient (Wildman–Crippen LogP) is 1.20. The molecule has 0 saturated heterocycles. The minimum absolute atomic E-state index is 0. The molecular formula is C15H29BNO6P. The number of benzene rings is 1. The maximum Gasteiger partial charge on any atom is 0.488 e. The van der Waals surface area contributed by atoms with Crippen LogP contribution in [-0.2, 0) is 13.6 Å².